The first kappa shape index (κ1) is 15.3. The minimum atomic E-state index is -0.759. The van der Waals surface area contributed by atoms with Crippen molar-refractivity contribution in [3.63, 3.8) is 0 Å². The van der Waals surface area contributed by atoms with Crippen molar-refractivity contribution < 1.29 is 19.0 Å². The molecule has 1 aromatic carbocycles. The zero-order valence-electron chi connectivity index (χ0n) is 12.5. The van der Waals surface area contributed by atoms with Gasteiger partial charge < -0.3 is 15.2 Å². The highest BCUT2D eigenvalue weighted by molar-refractivity contribution is 5.94. The standard InChI is InChI=1S/C17H17FN2O3/c18-15-8-13(21)3-4-14(15)17(22)20-9-12-5-6-19-16(7-12)23-10-11-1-2-11/h3-8,11,21H,1-2,9-10H2,(H,20,22). The largest absolute Gasteiger partial charge is 0.508 e. The van der Waals surface area contributed by atoms with Gasteiger partial charge in [0.15, 0.2) is 0 Å². The molecule has 1 saturated carbocycles. The lowest BCUT2D eigenvalue weighted by atomic mass is 10.2. The number of phenols is 1. The first-order chi connectivity index (χ1) is 11.1. The Morgan fingerprint density at radius 2 is 2.17 bits per heavy atom. The molecule has 1 amide bonds. The molecule has 0 spiro atoms. The van der Waals surface area contributed by atoms with Gasteiger partial charge in [-0.3, -0.25) is 4.79 Å². The molecule has 0 atom stereocenters. The first-order valence-electron chi connectivity index (χ1n) is 7.46. The van der Waals surface area contributed by atoms with Gasteiger partial charge in [-0.15, -0.1) is 0 Å². The highest BCUT2D eigenvalue weighted by Crippen LogP contribution is 2.29. The fourth-order valence-electron chi connectivity index (χ4n) is 2.09. The molecule has 1 aliphatic rings. The van der Waals surface area contributed by atoms with Gasteiger partial charge in [0.1, 0.15) is 11.6 Å². The molecule has 23 heavy (non-hydrogen) atoms. The van der Waals surface area contributed by atoms with Gasteiger partial charge in [0, 0.05) is 24.9 Å². The molecule has 6 heteroatoms. The second kappa shape index (κ2) is 6.64. The second-order valence-electron chi connectivity index (χ2n) is 5.60. The topological polar surface area (TPSA) is 71.5 Å². The van der Waals surface area contributed by atoms with Crippen molar-refractivity contribution in [1.29, 1.82) is 0 Å². The molecule has 2 aromatic rings. The molecule has 1 heterocycles. The van der Waals surface area contributed by atoms with Gasteiger partial charge in [0.05, 0.1) is 12.2 Å². The van der Waals surface area contributed by atoms with Crippen LogP contribution in [-0.2, 0) is 6.54 Å². The lowest BCUT2D eigenvalue weighted by Gasteiger charge is -2.08. The molecule has 0 aliphatic heterocycles. The van der Waals surface area contributed by atoms with Crippen LogP contribution in [0.15, 0.2) is 36.5 Å². The van der Waals surface area contributed by atoms with Crippen LogP contribution in [0.5, 0.6) is 11.6 Å². The molecule has 0 saturated heterocycles. The van der Waals surface area contributed by atoms with Crippen molar-refractivity contribution >= 4 is 5.91 Å². The maximum atomic E-state index is 13.6. The van der Waals surface area contributed by atoms with Crippen molar-refractivity contribution in [2.45, 2.75) is 19.4 Å². The summed E-state index contributed by atoms with van der Waals surface area (Å²) in [5.74, 6) is -0.354. The van der Waals surface area contributed by atoms with E-state index in [1.54, 1.807) is 18.3 Å². The fraction of sp³-hybridized carbons (Fsp3) is 0.294. The monoisotopic (exact) mass is 316 g/mol. The Bertz CT molecular complexity index is 717. The van der Waals surface area contributed by atoms with E-state index in [1.165, 1.54) is 25.0 Å². The molecule has 5 nitrogen and oxygen atoms in total. The maximum absolute atomic E-state index is 13.6. The number of hydrogen-bond donors (Lipinski definition) is 2. The van der Waals surface area contributed by atoms with Gasteiger partial charge in [-0.25, -0.2) is 9.37 Å². The summed E-state index contributed by atoms with van der Waals surface area (Å²) in [5, 5.41) is 11.8. The molecule has 0 bridgehead atoms. The highest BCUT2D eigenvalue weighted by Gasteiger charge is 2.22. The summed E-state index contributed by atoms with van der Waals surface area (Å²) in [6, 6.07) is 6.95. The van der Waals surface area contributed by atoms with Crippen LogP contribution in [0.3, 0.4) is 0 Å². The number of amides is 1. The third kappa shape index (κ3) is 4.18. The van der Waals surface area contributed by atoms with Crippen LogP contribution in [0.2, 0.25) is 0 Å². The normalized spacial score (nSPS) is 13.6. The summed E-state index contributed by atoms with van der Waals surface area (Å²) < 4.78 is 19.2. The van der Waals surface area contributed by atoms with E-state index in [-0.39, 0.29) is 17.9 Å². The number of nitrogens with zero attached hydrogens (tertiary/aromatic N) is 1. The van der Waals surface area contributed by atoms with E-state index in [1.807, 2.05) is 0 Å². The van der Waals surface area contributed by atoms with E-state index >= 15 is 0 Å². The second-order valence-corrected chi connectivity index (χ2v) is 5.60. The Kier molecular flexibility index (Phi) is 4.41. The van der Waals surface area contributed by atoms with E-state index in [0.717, 1.165) is 11.6 Å². The minimum absolute atomic E-state index is 0.109. The summed E-state index contributed by atoms with van der Waals surface area (Å²) in [7, 11) is 0. The average molecular weight is 316 g/mol. The molecule has 0 radical (unpaired) electrons. The number of carbonyl (C=O) groups is 1. The van der Waals surface area contributed by atoms with E-state index in [4.69, 9.17) is 9.84 Å². The molecule has 1 aliphatic carbocycles. The number of aromatic nitrogens is 1. The number of pyridine rings is 1. The minimum Gasteiger partial charge on any atom is -0.508 e. The van der Waals surface area contributed by atoms with Gasteiger partial charge >= 0.3 is 0 Å². The van der Waals surface area contributed by atoms with E-state index in [9.17, 15) is 9.18 Å². The van der Waals surface area contributed by atoms with Gasteiger partial charge in [0.25, 0.3) is 5.91 Å². The number of nitrogens with one attached hydrogen (secondary N) is 1. The Balaban J connectivity index is 1.58. The predicted molar refractivity (Wildman–Crippen MR) is 81.7 cm³/mol. The van der Waals surface area contributed by atoms with Gasteiger partial charge in [-0.05, 0) is 42.5 Å². The quantitative estimate of drug-likeness (QED) is 0.859. The molecule has 3 rings (SSSR count). The molecule has 0 unspecified atom stereocenters. The lowest BCUT2D eigenvalue weighted by molar-refractivity contribution is 0.0946. The van der Waals surface area contributed by atoms with Gasteiger partial charge in [-0.2, -0.15) is 0 Å². The van der Waals surface area contributed by atoms with Crippen LogP contribution in [0.25, 0.3) is 0 Å². The maximum Gasteiger partial charge on any atom is 0.254 e. The Morgan fingerprint density at radius 3 is 2.91 bits per heavy atom. The van der Waals surface area contributed by atoms with Crippen LogP contribution < -0.4 is 10.1 Å². The van der Waals surface area contributed by atoms with E-state index in [2.05, 4.69) is 10.3 Å². The number of ether oxygens (including phenoxy) is 1. The number of benzene rings is 1. The van der Waals surface area contributed by atoms with E-state index in [0.29, 0.717) is 18.4 Å². The smallest absolute Gasteiger partial charge is 0.254 e. The Labute approximate surface area is 133 Å². The Morgan fingerprint density at radius 1 is 1.35 bits per heavy atom. The molecule has 1 fully saturated rings. The van der Waals surface area contributed by atoms with Crippen molar-refractivity contribution in [1.82, 2.24) is 10.3 Å². The molecular weight excluding hydrogens is 299 g/mol. The van der Waals surface area contributed by atoms with Crippen LogP contribution in [0.1, 0.15) is 28.8 Å². The van der Waals surface area contributed by atoms with Crippen molar-refractivity contribution in [3.8, 4) is 11.6 Å². The fourth-order valence-corrected chi connectivity index (χ4v) is 2.09. The van der Waals surface area contributed by atoms with E-state index < -0.39 is 11.7 Å². The van der Waals surface area contributed by atoms with Crippen LogP contribution in [0, 0.1) is 11.7 Å². The number of carbonyl (C=O) groups excluding carboxylic acids is 1. The zero-order chi connectivity index (χ0) is 16.2. The summed E-state index contributed by atoms with van der Waals surface area (Å²) in [6.07, 6.45) is 4.02. The van der Waals surface area contributed by atoms with Crippen LogP contribution in [-0.4, -0.2) is 22.6 Å². The molecule has 120 valence electrons. The van der Waals surface area contributed by atoms with Gasteiger partial charge in [-0.1, -0.05) is 0 Å². The summed E-state index contributed by atoms with van der Waals surface area (Å²) >= 11 is 0. The lowest BCUT2D eigenvalue weighted by Crippen LogP contribution is -2.23. The third-order valence-corrected chi connectivity index (χ3v) is 3.61. The summed E-state index contributed by atoms with van der Waals surface area (Å²) in [5.41, 5.74) is 0.709. The van der Waals surface area contributed by atoms with Crippen LogP contribution >= 0.6 is 0 Å². The van der Waals surface area contributed by atoms with Crippen molar-refractivity contribution in [2.75, 3.05) is 6.61 Å². The predicted octanol–water partition coefficient (Wildman–Crippen LogP) is 2.65. The Hall–Kier alpha value is -2.63. The number of aromatic hydroxyl groups is 1. The number of phenolic OH excluding ortho intramolecular Hbond substituents is 1. The van der Waals surface area contributed by atoms with Crippen molar-refractivity contribution in [3.05, 3.63) is 53.5 Å². The first-order valence-corrected chi connectivity index (χ1v) is 7.46. The highest BCUT2D eigenvalue weighted by atomic mass is 19.1. The van der Waals surface area contributed by atoms with Crippen molar-refractivity contribution in [2.24, 2.45) is 5.92 Å². The van der Waals surface area contributed by atoms with Crippen LogP contribution in [0.4, 0.5) is 4.39 Å². The average Bonchev–Trinajstić information content (AvgIpc) is 3.35. The number of rotatable bonds is 6. The molecule has 1 aromatic heterocycles. The summed E-state index contributed by atoms with van der Waals surface area (Å²) in [6.45, 7) is 0.906. The summed E-state index contributed by atoms with van der Waals surface area (Å²) in [4.78, 5) is 16.1. The van der Waals surface area contributed by atoms with Gasteiger partial charge in [0.2, 0.25) is 5.88 Å². The number of halogens is 1. The SMILES string of the molecule is O=C(NCc1ccnc(OCC2CC2)c1)c1ccc(O)cc1F. The third-order valence-electron chi connectivity index (χ3n) is 3.61. The zero-order valence-corrected chi connectivity index (χ0v) is 12.5. The number of hydrogen-bond acceptors (Lipinski definition) is 4. The molecule has 2 N–H and O–H groups in total. The molecular formula is C17H17FN2O3.